The Hall–Kier alpha value is -2.54. The Kier molecular flexibility index (Phi) is 4.44. The van der Waals surface area contributed by atoms with E-state index in [0.29, 0.717) is 18.7 Å². The lowest BCUT2D eigenvalue weighted by atomic mass is 9.94. The Balaban J connectivity index is 1.78. The molecule has 1 atom stereocenters. The fraction of sp³-hybridized carbons (Fsp3) is 0.412. The Labute approximate surface area is 140 Å². The topological polar surface area (TPSA) is 81.7 Å². The SMILES string of the molecule is CCn1nnc(C)c1Cn1cc(C(C)(O)Cc2ccccc2)nn1. The second-order valence-electron chi connectivity index (χ2n) is 6.17. The summed E-state index contributed by atoms with van der Waals surface area (Å²) in [5.41, 5.74) is 2.42. The van der Waals surface area contributed by atoms with Crippen molar-refractivity contribution >= 4 is 0 Å². The van der Waals surface area contributed by atoms with Crippen LogP contribution in [0.15, 0.2) is 36.5 Å². The molecule has 2 heterocycles. The van der Waals surface area contributed by atoms with Crippen LogP contribution in [-0.2, 0) is 25.1 Å². The molecule has 0 aliphatic rings. The van der Waals surface area contributed by atoms with Crippen molar-refractivity contribution in [1.82, 2.24) is 30.0 Å². The summed E-state index contributed by atoms with van der Waals surface area (Å²) in [5, 5.41) is 27.3. The molecule has 0 saturated carbocycles. The third kappa shape index (κ3) is 3.35. The zero-order valence-corrected chi connectivity index (χ0v) is 14.2. The molecule has 2 aromatic heterocycles. The smallest absolute Gasteiger partial charge is 0.114 e. The average molecular weight is 326 g/mol. The minimum atomic E-state index is -1.07. The van der Waals surface area contributed by atoms with Crippen molar-refractivity contribution in [3.05, 3.63) is 59.2 Å². The van der Waals surface area contributed by atoms with Gasteiger partial charge in [-0.1, -0.05) is 40.8 Å². The first-order valence-corrected chi connectivity index (χ1v) is 8.05. The van der Waals surface area contributed by atoms with E-state index in [4.69, 9.17) is 0 Å². The lowest BCUT2D eigenvalue weighted by Crippen LogP contribution is -2.24. The number of aliphatic hydroxyl groups is 1. The van der Waals surface area contributed by atoms with Crippen molar-refractivity contribution in [3.63, 3.8) is 0 Å². The summed E-state index contributed by atoms with van der Waals surface area (Å²) in [6.07, 6.45) is 2.27. The predicted octanol–water partition coefficient (Wildman–Crippen LogP) is 1.70. The van der Waals surface area contributed by atoms with Crippen LogP contribution in [0.5, 0.6) is 0 Å². The van der Waals surface area contributed by atoms with E-state index in [1.807, 2.05) is 48.9 Å². The standard InChI is InChI=1S/C17H22N6O/c1-4-23-15(13(2)18-21-23)11-22-12-16(19-20-22)17(3,24)10-14-8-6-5-7-9-14/h5-9,12,24H,4,10-11H2,1-3H3. The fourth-order valence-corrected chi connectivity index (χ4v) is 2.73. The van der Waals surface area contributed by atoms with E-state index in [1.165, 1.54) is 0 Å². The zero-order chi connectivity index (χ0) is 17.2. The quantitative estimate of drug-likeness (QED) is 0.745. The van der Waals surface area contributed by atoms with Crippen molar-refractivity contribution in [3.8, 4) is 0 Å². The summed E-state index contributed by atoms with van der Waals surface area (Å²) in [5.74, 6) is 0. The molecule has 7 nitrogen and oxygen atoms in total. The predicted molar refractivity (Wildman–Crippen MR) is 89.3 cm³/mol. The van der Waals surface area contributed by atoms with Gasteiger partial charge < -0.3 is 5.11 Å². The van der Waals surface area contributed by atoms with Gasteiger partial charge in [0.1, 0.15) is 11.3 Å². The van der Waals surface area contributed by atoms with Gasteiger partial charge in [0.25, 0.3) is 0 Å². The van der Waals surface area contributed by atoms with E-state index in [0.717, 1.165) is 23.5 Å². The van der Waals surface area contributed by atoms with E-state index < -0.39 is 5.60 Å². The maximum absolute atomic E-state index is 10.8. The van der Waals surface area contributed by atoms with Crippen LogP contribution in [0.4, 0.5) is 0 Å². The third-order valence-electron chi connectivity index (χ3n) is 4.12. The first-order chi connectivity index (χ1) is 11.5. The molecule has 1 unspecified atom stereocenters. The summed E-state index contributed by atoms with van der Waals surface area (Å²) in [6.45, 7) is 6.99. The van der Waals surface area contributed by atoms with Crippen molar-refractivity contribution in [2.75, 3.05) is 0 Å². The minimum absolute atomic E-state index is 0.486. The lowest BCUT2D eigenvalue weighted by Gasteiger charge is -2.20. The van der Waals surface area contributed by atoms with Gasteiger partial charge in [-0.3, -0.25) is 0 Å². The molecule has 0 fully saturated rings. The van der Waals surface area contributed by atoms with Crippen molar-refractivity contribution < 1.29 is 5.11 Å². The Morgan fingerprint density at radius 3 is 2.58 bits per heavy atom. The zero-order valence-electron chi connectivity index (χ0n) is 14.2. The Bertz CT molecular complexity index is 806. The number of aromatic nitrogens is 6. The van der Waals surface area contributed by atoms with Crippen molar-refractivity contribution in [2.45, 2.75) is 45.9 Å². The van der Waals surface area contributed by atoms with Crippen molar-refractivity contribution in [2.24, 2.45) is 0 Å². The molecule has 3 aromatic rings. The van der Waals surface area contributed by atoms with Crippen molar-refractivity contribution in [1.29, 1.82) is 0 Å². The van der Waals surface area contributed by atoms with E-state index >= 15 is 0 Å². The molecule has 0 saturated heterocycles. The molecular formula is C17H22N6O. The highest BCUT2D eigenvalue weighted by molar-refractivity contribution is 5.20. The van der Waals surface area contributed by atoms with Gasteiger partial charge in [0, 0.05) is 13.0 Å². The number of hydrogen-bond donors (Lipinski definition) is 1. The molecule has 0 aliphatic heterocycles. The lowest BCUT2D eigenvalue weighted by molar-refractivity contribution is 0.0529. The van der Waals surface area contributed by atoms with Crippen LogP contribution in [0, 0.1) is 6.92 Å². The summed E-state index contributed by atoms with van der Waals surface area (Å²) in [4.78, 5) is 0. The van der Waals surface area contributed by atoms with Gasteiger partial charge in [-0.05, 0) is 26.3 Å². The second-order valence-corrected chi connectivity index (χ2v) is 6.17. The van der Waals surface area contributed by atoms with Gasteiger partial charge in [-0.25, -0.2) is 9.36 Å². The number of nitrogens with zero attached hydrogens (tertiary/aromatic N) is 6. The minimum Gasteiger partial charge on any atom is -0.383 e. The Morgan fingerprint density at radius 1 is 1.12 bits per heavy atom. The van der Waals surface area contributed by atoms with Gasteiger partial charge in [0.15, 0.2) is 0 Å². The molecule has 3 rings (SSSR count). The fourth-order valence-electron chi connectivity index (χ4n) is 2.73. The number of aryl methyl sites for hydroxylation is 2. The first kappa shape index (κ1) is 16.3. The van der Waals surface area contributed by atoms with Crippen LogP contribution in [-0.4, -0.2) is 35.1 Å². The van der Waals surface area contributed by atoms with E-state index in [9.17, 15) is 5.11 Å². The number of rotatable bonds is 6. The molecule has 24 heavy (non-hydrogen) atoms. The van der Waals surface area contributed by atoms with Gasteiger partial charge in [-0.2, -0.15) is 0 Å². The Morgan fingerprint density at radius 2 is 1.88 bits per heavy atom. The van der Waals surface area contributed by atoms with Crippen LogP contribution < -0.4 is 0 Å². The molecule has 1 aromatic carbocycles. The van der Waals surface area contributed by atoms with Crippen LogP contribution in [0.1, 0.15) is 36.5 Å². The molecule has 126 valence electrons. The van der Waals surface area contributed by atoms with Crippen LogP contribution in [0.2, 0.25) is 0 Å². The highest BCUT2D eigenvalue weighted by Gasteiger charge is 2.27. The normalized spacial score (nSPS) is 13.8. The third-order valence-corrected chi connectivity index (χ3v) is 4.12. The maximum Gasteiger partial charge on any atom is 0.114 e. The van der Waals surface area contributed by atoms with Crippen LogP contribution in [0.3, 0.4) is 0 Å². The molecule has 0 bridgehead atoms. The van der Waals surface area contributed by atoms with E-state index in [-0.39, 0.29) is 0 Å². The van der Waals surface area contributed by atoms with Crippen LogP contribution in [0.25, 0.3) is 0 Å². The highest BCUT2D eigenvalue weighted by atomic mass is 16.3. The first-order valence-electron chi connectivity index (χ1n) is 8.05. The molecule has 1 N–H and O–H groups in total. The summed E-state index contributed by atoms with van der Waals surface area (Å²) >= 11 is 0. The maximum atomic E-state index is 10.8. The monoisotopic (exact) mass is 326 g/mol. The number of benzene rings is 1. The molecular weight excluding hydrogens is 304 g/mol. The molecule has 7 heteroatoms. The second kappa shape index (κ2) is 6.52. The molecule has 0 spiro atoms. The molecule has 0 radical (unpaired) electrons. The number of hydrogen-bond acceptors (Lipinski definition) is 5. The van der Waals surface area contributed by atoms with E-state index in [1.54, 1.807) is 17.8 Å². The molecule has 0 aliphatic carbocycles. The van der Waals surface area contributed by atoms with Gasteiger partial charge in [0.05, 0.1) is 24.1 Å². The molecule has 0 amide bonds. The largest absolute Gasteiger partial charge is 0.383 e. The van der Waals surface area contributed by atoms with Gasteiger partial charge >= 0.3 is 0 Å². The van der Waals surface area contributed by atoms with Gasteiger partial charge in [0.2, 0.25) is 0 Å². The van der Waals surface area contributed by atoms with Gasteiger partial charge in [-0.15, -0.1) is 10.2 Å². The van der Waals surface area contributed by atoms with Crippen LogP contribution >= 0.6 is 0 Å². The average Bonchev–Trinajstić information content (AvgIpc) is 3.17. The highest BCUT2D eigenvalue weighted by Crippen LogP contribution is 2.23. The van der Waals surface area contributed by atoms with E-state index in [2.05, 4.69) is 20.6 Å². The summed E-state index contributed by atoms with van der Waals surface area (Å²) in [7, 11) is 0. The summed E-state index contributed by atoms with van der Waals surface area (Å²) < 4.78 is 3.56. The summed E-state index contributed by atoms with van der Waals surface area (Å²) in [6, 6.07) is 9.87.